The molecule has 1 aliphatic heterocycles. The number of hydrogen-bond donors (Lipinski definition) is 1. The molecule has 78 valence electrons. The van der Waals surface area contributed by atoms with Crippen molar-refractivity contribution in [1.29, 1.82) is 0 Å². The fourth-order valence-electron chi connectivity index (χ4n) is 1.88. The van der Waals surface area contributed by atoms with Crippen LogP contribution in [0.25, 0.3) is 0 Å². The first-order valence-electron chi connectivity index (χ1n) is 4.74. The summed E-state index contributed by atoms with van der Waals surface area (Å²) >= 11 is 0. The van der Waals surface area contributed by atoms with E-state index in [1.54, 1.807) is 0 Å². The number of carboxylic acid groups (broad SMARTS) is 1. The molecule has 1 unspecified atom stereocenters. The number of aldehydes is 1. The van der Waals surface area contributed by atoms with E-state index < -0.39 is 12.1 Å². The third-order valence-electron chi connectivity index (χ3n) is 2.69. The van der Waals surface area contributed by atoms with Crippen LogP contribution in [0.5, 0.6) is 0 Å². The van der Waals surface area contributed by atoms with Gasteiger partial charge in [-0.25, -0.2) is 4.79 Å². The molecule has 0 saturated heterocycles. The summed E-state index contributed by atoms with van der Waals surface area (Å²) in [5, 5.41) is 8.93. The lowest BCUT2D eigenvalue weighted by Crippen LogP contribution is -2.44. The zero-order valence-electron chi connectivity index (χ0n) is 8.09. The number of carbonyl (C=O) groups excluding carboxylic acids is 1. The van der Waals surface area contributed by atoms with Gasteiger partial charge in [-0.2, -0.15) is 0 Å². The molecule has 0 spiro atoms. The second-order valence-electron chi connectivity index (χ2n) is 3.59. The minimum absolute atomic E-state index is 0.301. The Morgan fingerprint density at radius 2 is 2.07 bits per heavy atom. The minimum Gasteiger partial charge on any atom is -0.465 e. The zero-order chi connectivity index (χ0) is 10.8. The van der Waals surface area contributed by atoms with Crippen molar-refractivity contribution < 1.29 is 14.7 Å². The maximum Gasteiger partial charge on any atom is 0.408 e. The highest BCUT2D eigenvalue weighted by Gasteiger charge is 2.28. The van der Waals surface area contributed by atoms with Gasteiger partial charge in [0.05, 0.1) is 12.6 Å². The zero-order valence-corrected chi connectivity index (χ0v) is 8.09. The van der Waals surface area contributed by atoms with Gasteiger partial charge >= 0.3 is 6.09 Å². The Morgan fingerprint density at radius 3 is 2.67 bits per heavy atom. The van der Waals surface area contributed by atoms with Gasteiger partial charge in [0.2, 0.25) is 0 Å². The Balaban J connectivity index is 2.34. The molecule has 4 nitrogen and oxygen atoms in total. The lowest BCUT2D eigenvalue weighted by atomic mass is 9.95. The molecular weight excluding hydrogens is 194 g/mol. The maximum absolute atomic E-state index is 10.9. The number of carbonyl (C=O) groups is 2. The first-order valence-corrected chi connectivity index (χ1v) is 4.74. The number of rotatable bonds is 1. The number of nitrogens with zero attached hydrogens (tertiary/aromatic N) is 1. The normalized spacial score (nSPS) is 19.5. The molecule has 1 aromatic carbocycles. The number of amides is 1. The van der Waals surface area contributed by atoms with E-state index in [1.807, 2.05) is 24.3 Å². The van der Waals surface area contributed by atoms with Crippen LogP contribution < -0.4 is 0 Å². The van der Waals surface area contributed by atoms with Crippen LogP contribution >= 0.6 is 0 Å². The van der Waals surface area contributed by atoms with Crippen LogP contribution in [0.2, 0.25) is 0 Å². The van der Waals surface area contributed by atoms with E-state index in [0.717, 1.165) is 11.1 Å². The van der Waals surface area contributed by atoms with E-state index >= 15 is 0 Å². The predicted octanol–water partition coefficient (Wildman–Crippen LogP) is 1.29. The van der Waals surface area contributed by atoms with Gasteiger partial charge < -0.3 is 9.90 Å². The minimum atomic E-state index is -1.04. The second-order valence-corrected chi connectivity index (χ2v) is 3.59. The third-order valence-corrected chi connectivity index (χ3v) is 2.69. The average molecular weight is 205 g/mol. The number of fused-ring (bicyclic) bond motifs is 1. The Morgan fingerprint density at radius 1 is 1.40 bits per heavy atom. The van der Waals surface area contributed by atoms with E-state index in [1.165, 1.54) is 4.90 Å². The quantitative estimate of drug-likeness (QED) is 0.703. The standard InChI is InChI=1S/C11H11NO3/c13-7-10-5-8-3-1-2-4-9(8)6-12(10)11(14)15/h1-4,7,10H,5-6H2,(H,14,15). The van der Waals surface area contributed by atoms with Crippen molar-refractivity contribution in [2.45, 2.75) is 19.0 Å². The van der Waals surface area contributed by atoms with Gasteiger partial charge in [0, 0.05) is 6.42 Å². The molecule has 2 rings (SSSR count). The number of hydrogen-bond acceptors (Lipinski definition) is 2. The van der Waals surface area contributed by atoms with Crippen molar-refractivity contribution >= 4 is 12.4 Å². The van der Waals surface area contributed by atoms with Crippen LogP contribution in [-0.4, -0.2) is 28.4 Å². The summed E-state index contributed by atoms with van der Waals surface area (Å²) in [6.45, 7) is 0.301. The van der Waals surface area contributed by atoms with Crippen LogP contribution in [0, 0.1) is 0 Å². The molecule has 0 saturated carbocycles. The summed E-state index contributed by atoms with van der Waals surface area (Å²) in [6, 6.07) is 7.06. The van der Waals surface area contributed by atoms with Gasteiger partial charge in [0.25, 0.3) is 0 Å². The summed E-state index contributed by atoms with van der Waals surface area (Å²) in [4.78, 5) is 22.9. The fraction of sp³-hybridized carbons (Fsp3) is 0.273. The highest BCUT2D eigenvalue weighted by molar-refractivity contribution is 5.73. The van der Waals surface area contributed by atoms with Crippen molar-refractivity contribution in [3.63, 3.8) is 0 Å². The van der Waals surface area contributed by atoms with Crippen molar-refractivity contribution in [3.05, 3.63) is 35.4 Å². The van der Waals surface area contributed by atoms with Crippen molar-refractivity contribution in [2.24, 2.45) is 0 Å². The molecule has 1 atom stereocenters. The van der Waals surface area contributed by atoms with E-state index in [2.05, 4.69) is 0 Å². The molecular formula is C11H11NO3. The lowest BCUT2D eigenvalue weighted by Gasteiger charge is -2.31. The summed E-state index contributed by atoms with van der Waals surface area (Å²) in [7, 11) is 0. The molecule has 1 heterocycles. The van der Waals surface area contributed by atoms with Gasteiger partial charge in [0.15, 0.2) is 0 Å². The smallest absolute Gasteiger partial charge is 0.408 e. The molecule has 0 aliphatic carbocycles. The highest BCUT2D eigenvalue weighted by Crippen LogP contribution is 2.22. The molecule has 0 bridgehead atoms. The van der Waals surface area contributed by atoms with Crippen LogP contribution in [0.3, 0.4) is 0 Å². The molecule has 1 aliphatic rings. The Labute approximate surface area is 87.1 Å². The molecule has 1 N–H and O–H groups in total. The van der Waals surface area contributed by atoms with E-state index in [9.17, 15) is 9.59 Å². The second kappa shape index (κ2) is 3.73. The highest BCUT2D eigenvalue weighted by atomic mass is 16.4. The van der Waals surface area contributed by atoms with Crippen molar-refractivity contribution in [1.82, 2.24) is 4.90 Å². The van der Waals surface area contributed by atoms with E-state index in [-0.39, 0.29) is 0 Å². The maximum atomic E-state index is 10.9. The third kappa shape index (κ3) is 1.70. The summed E-state index contributed by atoms with van der Waals surface area (Å²) in [6.07, 6.45) is 0.136. The van der Waals surface area contributed by atoms with Crippen molar-refractivity contribution in [2.75, 3.05) is 0 Å². The van der Waals surface area contributed by atoms with Crippen LogP contribution in [-0.2, 0) is 17.8 Å². The van der Waals surface area contributed by atoms with Gasteiger partial charge in [0.1, 0.15) is 6.29 Å². The van der Waals surface area contributed by atoms with Gasteiger partial charge in [-0.05, 0) is 11.1 Å². The molecule has 1 amide bonds. The predicted molar refractivity (Wildman–Crippen MR) is 53.6 cm³/mol. The topological polar surface area (TPSA) is 57.6 Å². The molecule has 0 aromatic heterocycles. The Hall–Kier alpha value is -1.84. The molecule has 15 heavy (non-hydrogen) atoms. The molecule has 0 radical (unpaired) electrons. The van der Waals surface area contributed by atoms with E-state index in [0.29, 0.717) is 19.3 Å². The van der Waals surface area contributed by atoms with Gasteiger partial charge in [-0.1, -0.05) is 24.3 Å². The average Bonchev–Trinajstić information content (AvgIpc) is 2.27. The van der Waals surface area contributed by atoms with Crippen LogP contribution in [0.1, 0.15) is 11.1 Å². The first kappa shape index (κ1) is 9.71. The summed E-state index contributed by atoms with van der Waals surface area (Å²) in [5.74, 6) is 0. The SMILES string of the molecule is O=CC1Cc2ccccc2CN1C(=O)O. The summed E-state index contributed by atoms with van der Waals surface area (Å²) < 4.78 is 0. The Kier molecular flexibility index (Phi) is 2.41. The van der Waals surface area contributed by atoms with Crippen molar-refractivity contribution in [3.8, 4) is 0 Å². The monoisotopic (exact) mass is 205 g/mol. The molecule has 1 aromatic rings. The number of benzene rings is 1. The molecule has 4 heteroatoms. The van der Waals surface area contributed by atoms with Gasteiger partial charge in [-0.3, -0.25) is 4.90 Å². The van der Waals surface area contributed by atoms with E-state index in [4.69, 9.17) is 5.11 Å². The molecule has 0 fully saturated rings. The van der Waals surface area contributed by atoms with Crippen LogP contribution in [0.15, 0.2) is 24.3 Å². The summed E-state index contributed by atoms with van der Waals surface area (Å²) in [5.41, 5.74) is 2.05. The van der Waals surface area contributed by atoms with Crippen LogP contribution in [0.4, 0.5) is 4.79 Å². The largest absolute Gasteiger partial charge is 0.465 e. The fourth-order valence-corrected chi connectivity index (χ4v) is 1.88. The Bertz CT molecular complexity index is 403. The first-order chi connectivity index (χ1) is 7.22. The van der Waals surface area contributed by atoms with Gasteiger partial charge in [-0.15, -0.1) is 0 Å². The lowest BCUT2D eigenvalue weighted by molar-refractivity contribution is -0.112.